The molecule has 0 aliphatic heterocycles. The van der Waals surface area contributed by atoms with Crippen molar-refractivity contribution in [3.8, 4) is 0 Å². The highest BCUT2D eigenvalue weighted by Crippen LogP contribution is 2.27. The monoisotopic (exact) mass is 314 g/mol. The van der Waals surface area contributed by atoms with Gasteiger partial charge in [-0.1, -0.05) is 39.0 Å². The smallest absolute Gasteiger partial charge is 0.240 e. The molecule has 0 aliphatic carbocycles. The largest absolute Gasteiger partial charge is 0.389 e. The Kier molecular flexibility index (Phi) is 5.83. The Morgan fingerprint density at radius 2 is 1.90 bits per heavy atom. The van der Waals surface area contributed by atoms with Gasteiger partial charge >= 0.3 is 0 Å². The van der Waals surface area contributed by atoms with E-state index in [-0.39, 0.29) is 17.9 Å². The number of anilines is 1. The first-order valence-electron chi connectivity index (χ1n) is 7.10. The van der Waals surface area contributed by atoms with Crippen LogP contribution >= 0.6 is 11.3 Å². The second kappa shape index (κ2) is 6.81. The molecule has 1 aromatic rings. The highest BCUT2D eigenvalue weighted by molar-refractivity contribution is 7.15. The lowest BCUT2D eigenvalue weighted by atomic mass is 9.98. The Morgan fingerprint density at radius 1 is 1.29 bits per heavy atom. The fourth-order valence-corrected chi connectivity index (χ4v) is 2.58. The summed E-state index contributed by atoms with van der Waals surface area (Å²) in [6.07, 6.45) is 0. The van der Waals surface area contributed by atoms with Crippen LogP contribution in [0.3, 0.4) is 0 Å². The van der Waals surface area contributed by atoms with E-state index in [9.17, 15) is 9.90 Å². The quantitative estimate of drug-likeness (QED) is 0.838. The number of hydrogen-bond acceptors (Lipinski definition) is 6. The van der Waals surface area contributed by atoms with Crippen LogP contribution in [-0.4, -0.2) is 51.3 Å². The van der Waals surface area contributed by atoms with Crippen molar-refractivity contribution in [2.45, 2.75) is 52.6 Å². The zero-order chi connectivity index (χ0) is 16.3. The van der Waals surface area contributed by atoms with E-state index in [0.29, 0.717) is 18.2 Å². The van der Waals surface area contributed by atoms with Gasteiger partial charge in [-0.05, 0) is 20.4 Å². The normalized spacial score (nSPS) is 12.8. The molecule has 0 aliphatic rings. The standard InChI is InChI=1S/C14H26N4O2S/c1-7-18(9-14(5,6)20)8-10(19)15-12-17-16-11(21-12)13(2,3)4/h20H,7-9H2,1-6H3,(H,15,17,19). The topological polar surface area (TPSA) is 78.4 Å². The Bertz CT molecular complexity index is 474. The van der Waals surface area contributed by atoms with Crippen molar-refractivity contribution in [1.29, 1.82) is 0 Å². The van der Waals surface area contributed by atoms with Gasteiger partial charge < -0.3 is 5.11 Å². The minimum Gasteiger partial charge on any atom is -0.389 e. The van der Waals surface area contributed by atoms with E-state index in [4.69, 9.17) is 0 Å². The van der Waals surface area contributed by atoms with Gasteiger partial charge in [0.15, 0.2) is 0 Å². The van der Waals surface area contributed by atoms with E-state index >= 15 is 0 Å². The molecule has 0 atom stereocenters. The second-order valence-electron chi connectivity index (χ2n) is 6.83. The second-order valence-corrected chi connectivity index (χ2v) is 7.80. The molecule has 2 N–H and O–H groups in total. The van der Waals surface area contributed by atoms with Crippen LogP contribution in [0.1, 0.15) is 46.6 Å². The van der Waals surface area contributed by atoms with Crippen LogP contribution in [-0.2, 0) is 10.2 Å². The average Bonchev–Trinajstić information content (AvgIpc) is 2.74. The van der Waals surface area contributed by atoms with Crippen molar-refractivity contribution in [3.63, 3.8) is 0 Å². The lowest BCUT2D eigenvalue weighted by Crippen LogP contribution is -2.42. The number of likely N-dealkylation sites (N-methyl/N-ethyl adjacent to an activating group) is 1. The summed E-state index contributed by atoms with van der Waals surface area (Å²) in [5, 5.41) is 22.1. The molecule has 0 saturated heterocycles. The Labute approximate surface area is 130 Å². The number of rotatable bonds is 6. The number of carbonyl (C=O) groups is 1. The van der Waals surface area contributed by atoms with Gasteiger partial charge in [-0.25, -0.2) is 0 Å². The summed E-state index contributed by atoms with van der Waals surface area (Å²) in [5.41, 5.74) is -0.893. The number of amides is 1. The molecular formula is C14H26N4O2S. The number of carbonyl (C=O) groups excluding carboxylic acids is 1. The van der Waals surface area contributed by atoms with Crippen molar-refractivity contribution in [1.82, 2.24) is 15.1 Å². The summed E-state index contributed by atoms with van der Waals surface area (Å²) in [6, 6.07) is 0. The fourth-order valence-electron chi connectivity index (χ4n) is 1.77. The summed E-state index contributed by atoms with van der Waals surface area (Å²) in [6.45, 7) is 13.0. The van der Waals surface area contributed by atoms with Crippen LogP contribution in [0.5, 0.6) is 0 Å². The Hall–Kier alpha value is -1.05. The van der Waals surface area contributed by atoms with E-state index in [2.05, 4.69) is 36.3 Å². The molecule has 1 heterocycles. The van der Waals surface area contributed by atoms with Crippen LogP contribution in [0.2, 0.25) is 0 Å². The van der Waals surface area contributed by atoms with E-state index in [1.165, 1.54) is 11.3 Å². The molecule has 0 saturated carbocycles. The van der Waals surface area contributed by atoms with Gasteiger partial charge in [-0.3, -0.25) is 15.0 Å². The highest BCUT2D eigenvalue weighted by atomic mass is 32.1. The van der Waals surface area contributed by atoms with Crippen molar-refractivity contribution < 1.29 is 9.90 Å². The summed E-state index contributed by atoms with van der Waals surface area (Å²) < 4.78 is 0. The molecule has 0 spiro atoms. The molecule has 1 rings (SSSR count). The van der Waals surface area contributed by atoms with E-state index in [1.54, 1.807) is 13.8 Å². The van der Waals surface area contributed by atoms with Crippen molar-refractivity contribution in [3.05, 3.63) is 5.01 Å². The lowest BCUT2D eigenvalue weighted by Gasteiger charge is -2.27. The van der Waals surface area contributed by atoms with Crippen LogP contribution in [0.25, 0.3) is 0 Å². The number of aliphatic hydroxyl groups is 1. The van der Waals surface area contributed by atoms with E-state index in [0.717, 1.165) is 5.01 Å². The van der Waals surface area contributed by atoms with Gasteiger partial charge in [0.1, 0.15) is 5.01 Å². The van der Waals surface area contributed by atoms with Gasteiger partial charge in [-0.2, -0.15) is 0 Å². The van der Waals surface area contributed by atoms with E-state index in [1.807, 2.05) is 11.8 Å². The molecule has 0 aromatic carbocycles. The van der Waals surface area contributed by atoms with Crippen molar-refractivity contribution in [2.24, 2.45) is 0 Å². The minimum absolute atomic E-state index is 0.0724. The average molecular weight is 314 g/mol. The molecule has 0 fully saturated rings. The zero-order valence-electron chi connectivity index (χ0n) is 13.7. The summed E-state index contributed by atoms with van der Waals surface area (Å²) >= 11 is 1.39. The van der Waals surface area contributed by atoms with Crippen LogP contribution in [0.4, 0.5) is 5.13 Å². The minimum atomic E-state index is -0.821. The molecule has 0 unspecified atom stereocenters. The maximum Gasteiger partial charge on any atom is 0.240 e. The van der Waals surface area contributed by atoms with Crippen LogP contribution in [0.15, 0.2) is 0 Å². The number of hydrogen-bond donors (Lipinski definition) is 2. The molecule has 7 heteroatoms. The van der Waals surface area contributed by atoms with Crippen molar-refractivity contribution in [2.75, 3.05) is 25.0 Å². The number of nitrogens with one attached hydrogen (secondary N) is 1. The molecule has 0 radical (unpaired) electrons. The number of aromatic nitrogens is 2. The highest BCUT2D eigenvalue weighted by Gasteiger charge is 2.22. The molecule has 1 aromatic heterocycles. The first-order chi connectivity index (χ1) is 9.51. The lowest BCUT2D eigenvalue weighted by molar-refractivity contribution is -0.117. The zero-order valence-corrected chi connectivity index (χ0v) is 14.5. The molecule has 1 amide bonds. The Balaban J connectivity index is 2.59. The Morgan fingerprint density at radius 3 is 2.33 bits per heavy atom. The maximum atomic E-state index is 12.0. The first-order valence-corrected chi connectivity index (χ1v) is 7.91. The number of nitrogens with zero attached hydrogens (tertiary/aromatic N) is 3. The third-order valence-corrected chi connectivity index (χ3v) is 4.00. The van der Waals surface area contributed by atoms with Gasteiger partial charge in [0.2, 0.25) is 11.0 Å². The molecule has 0 bridgehead atoms. The van der Waals surface area contributed by atoms with Crippen LogP contribution < -0.4 is 5.32 Å². The summed E-state index contributed by atoms with van der Waals surface area (Å²) in [7, 11) is 0. The molecule has 120 valence electrons. The van der Waals surface area contributed by atoms with Gasteiger partial charge in [0.25, 0.3) is 0 Å². The van der Waals surface area contributed by atoms with Gasteiger partial charge in [0, 0.05) is 12.0 Å². The fraction of sp³-hybridized carbons (Fsp3) is 0.786. The maximum absolute atomic E-state index is 12.0. The molecule has 21 heavy (non-hydrogen) atoms. The van der Waals surface area contributed by atoms with Crippen molar-refractivity contribution >= 4 is 22.4 Å². The molecular weight excluding hydrogens is 288 g/mol. The van der Waals surface area contributed by atoms with Crippen LogP contribution in [0, 0.1) is 0 Å². The molecule has 6 nitrogen and oxygen atoms in total. The third-order valence-electron chi connectivity index (χ3n) is 2.74. The van der Waals surface area contributed by atoms with Gasteiger partial charge in [-0.15, -0.1) is 10.2 Å². The summed E-state index contributed by atoms with van der Waals surface area (Å²) in [4.78, 5) is 13.9. The third kappa shape index (κ3) is 6.50. The summed E-state index contributed by atoms with van der Waals surface area (Å²) in [5.74, 6) is -0.141. The first kappa shape index (κ1) is 18.0. The van der Waals surface area contributed by atoms with Gasteiger partial charge in [0.05, 0.1) is 12.1 Å². The SMILES string of the molecule is CCN(CC(=O)Nc1nnc(C(C)(C)C)s1)CC(C)(C)O. The van der Waals surface area contributed by atoms with E-state index < -0.39 is 5.60 Å². The predicted octanol–water partition coefficient (Wildman–Crippen LogP) is 1.87. The predicted molar refractivity (Wildman–Crippen MR) is 85.7 cm³/mol.